The summed E-state index contributed by atoms with van der Waals surface area (Å²) < 4.78 is 0. The summed E-state index contributed by atoms with van der Waals surface area (Å²) in [5, 5.41) is 28.7. The first-order valence-electron chi connectivity index (χ1n) is 5.72. The number of carbonyl (C=O) groups excluding carboxylic acids is 1. The van der Waals surface area contributed by atoms with Gasteiger partial charge < -0.3 is 10.2 Å². The first-order chi connectivity index (χ1) is 9.81. The summed E-state index contributed by atoms with van der Waals surface area (Å²) in [6, 6.07) is 0.784. The lowest BCUT2D eigenvalue weighted by atomic mass is 10.1. The van der Waals surface area contributed by atoms with Crippen molar-refractivity contribution in [3.63, 3.8) is 0 Å². The van der Waals surface area contributed by atoms with Crippen LogP contribution < -0.4 is 4.90 Å². The predicted octanol–water partition coefficient (Wildman–Crippen LogP) is 0.125. The maximum Gasteiger partial charge on any atom is 0.337 e. The molecule has 0 radical (unpaired) electrons. The van der Waals surface area contributed by atoms with Crippen LogP contribution in [0.2, 0.25) is 0 Å². The lowest BCUT2D eigenvalue weighted by Crippen LogP contribution is -2.27. The molecular weight excluding hydrogens is 286 g/mol. The number of amides is 1. The highest BCUT2D eigenvalue weighted by molar-refractivity contribution is 6.00. The standard InChI is InChI=1S/C11H9N3O7/c15-8-2-6(11(18)19)4-13(8)9-7(14(20)21)1-5(3-12-9)10(16)17/h1,3,6H,2,4H2,(H,16,17)(H,18,19). The Morgan fingerprint density at radius 2 is 2.10 bits per heavy atom. The SMILES string of the molecule is O=C(O)c1cnc(N2CC(C(=O)O)CC2=O)c([N+](=O)[O-])c1. The van der Waals surface area contributed by atoms with E-state index >= 15 is 0 Å². The number of rotatable bonds is 4. The number of hydrogen-bond acceptors (Lipinski definition) is 6. The van der Waals surface area contributed by atoms with Crippen molar-refractivity contribution in [2.24, 2.45) is 5.92 Å². The van der Waals surface area contributed by atoms with E-state index in [0.29, 0.717) is 0 Å². The van der Waals surface area contributed by atoms with Crippen LogP contribution in [-0.4, -0.2) is 44.5 Å². The second-order valence-corrected chi connectivity index (χ2v) is 4.37. The van der Waals surface area contributed by atoms with Crippen molar-refractivity contribution in [1.29, 1.82) is 0 Å². The van der Waals surface area contributed by atoms with E-state index in [2.05, 4.69) is 4.98 Å². The van der Waals surface area contributed by atoms with Crippen LogP contribution >= 0.6 is 0 Å². The van der Waals surface area contributed by atoms with E-state index in [4.69, 9.17) is 10.2 Å². The maximum atomic E-state index is 11.8. The molecule has 21 heavy (non-hydrogen) atoms. The van der Waals surface area contributed by atoms with E-state index in [1.54, 1.807) is 0 Å². The van der Waals surface area contributed by atoms with Crippen LogP contribution in [0, 0.1) is 16.0 Å². The molecule has 10 heteroatoms. The fourth-order valence-electron chi connectivity index (χ4n) is 1.98. The van der Waals surface area contributed by atoms with Crippen LogP contribution in [-0.2, 0) is 9.59 Å². The minimum atomic E-state index is -1.40. The summed E-state index contributed by atoms with van der Waals surface area (Å²) >= 11 is 0. The molecule has 1 saturated heterocycles. The Balaban J connectivity index is 2.44. The quantitative estimate of drug-likeness (QED) is 0.587. The Labute approximate surface area is 116 Å². The molecule has 1 fully saturated rings. The molecule has 0 aliphatic carbocycles. The molecule has 1 aromatic heterocycles. The molecule has 10 nitrogen and oxygen atoms in total. The fourth-order valence-corrected chi connectivity index (χ4v) is 1.98. The zero-order valence-electron chi connectivity index (χ0n) is 10.4. The predicted molar refractivity (Wildman–Crippen MR) is 65.9 cm³/mol. The molecule has 1 aliphatic rings. The highest BCUT2D eigenvalue weighted by atomic mass is 16.6. The summed E-state index contributed by atoms with van der Waals surface area (Å²) in [5.41, 5.74) is -1.05. The number of carboxylic acid groups (broad SMARTS) is 2. The summed E-state index contributed by atoms with van der Waals surface area (Å²) in [6.45, 7) is -0.242. The van der Waals surface area contributed by atoms with Gasteiger partial charge in [-0.1, -0.05) is 0 Å². The molecule has 2 heterocycles. The number of nitrogens with zero attached hydrogens (tertiary/aromatic N) is 3. The van der Waals surface area contributed by atoms with Gasteiger partial charge in [-0.2, -0.15) is 0 Å². The lowest BCUT2D eigenvalue weighted by molar-refractivity contribution is -0.384. The van der Waals surface area contributed by atoms with Gasteiger partial charge in [0.05, 0.1) is 16.4 Å². The van der Waals surface area contributed by atoms with Crippen LogP contribution in [0.5, 0.6) is 0 Å². The van der Waals surface area contributed by atoms with Gasteiger partial charge in [0.25, 0.3) is 0 Å². The normalized spacial score (nSPS) is 17.8. The highest BCUT2D eigenvalue weighted by Gasteiger charge is 2.38. The molecule has 110 valence electrons. The number of hydrogen-bond donors (Lipinski definition) is 2. The Morgan fingerprint density at radius 1 is 1.43 bits per heavy atom. The number of carbonyl (C=O) groups is 3. The van der Waals surface area contributed by atoms with Crippen LogP contribution in [0.1, 0.15) is 16.8 Å². The monoisotopic (exact) mass is 295 g/mol. The Bertz CT molecular complexity index is 657. The average Bonchev–Trinajstić information content (AvgIpc) is 2.80. The summed E-state index contributed by atoms with van der Waals surface area (Å²) in [5.74, 6) is -4.51. The van der Waals surface area contributed by atoms with Crippen LogP contribution in [0.15, 0.2) is 12.3 Å². The third-order valence-electron chi connectivity index (χ3n) is 3.02. The lowest BCUT2D eigenvalue weighted by Gasteiger charge is -2.14. The molecular formula is C11H9N3O7. The number of nitro groups is 1. The van der Waals surface area contributed by atoms with Crippen molar-refractivity contribution < 1.29 is 29.5 Å². The summed E-state index contributed by atoms with van der Waals surface area (Å²) in [4.78, 5) is 48.1. The van der Waals surface area contributed by atoms with Gasteiger partial charge in [-0.15, -0.1) is 0 Å². The molecule has 1 atom stereocenters. The van der Waals surface area contributed by atoms with Crippen LogP contribution in [0.25, 0.3) is 0 Å². The Kier molecular flexibility index (Phi) is 3.52. The van der Waals surface area contributed by atoms with E-state index in [0.717, 1.165) is 17.2 Å². The maximum absolute atomic E-state index is 11.8. The molecule has 1 aromatic rings. The van der Waals surface area contributed by atoms with Gasteiger partial charge in [0.15, 0.2) is 0 Å². The average molecular weight is 295 g/mol. The van der Waals surface area contributed by atoms with Crippen molar-refractivity contribution >= 4 is 29.4 Å². The van der Waals surface area contributed by atoms with E-state index in [1.165, 1.54) is 0 Å². The first kappa shape index (κ1) is 14.4. The number of aliphatic carboxylic acids is 1. The number of pyridine rings is 1. The third kappa shape index (κ3) is 2.63. The Hall–Kier alpha value is -3.04. The topological polar surface area (TPSA) is 151 Å². The Morgan fingerprint density at radius 3 is 2.57 bits per heavy atom. The molecule has 0 saturated carbocycles. The van der Waals surface area contributed by atoms with Crippen molar-refractivity contribution in [3.05, 3.63) is 27.9 Å². The summed E-state index contributed by atoms with van der Waals surface area (Å²) in [6.07, 6.45) is 0.598. The molecule has 0 bridgehead atoms. The van der Waals surface area contributed by atoms with Crippen LogP contribution in [0.3, 0.4) is 0 Å². The molecule has 1 unspecified atom stereocenters. The smallest absolute Gasteiger partial charge is 0.337 e. The third-order valence-corrected chi connectivity index (χ3v) is 3.02. The second kappa shape index (κ2) is 5.15. The van der Waals surface area contributed by atoms with Crippen molar-refractivity contribution in [1.82, 2.24) is 4.98 Å². The molecule has 2 N–H and O–H groups in total. The molecule has 0 spiro atoms. The van der Waals surface area contributed by atoms with Crippen molar-refractivity contribution in [2.45, 2.75) is 6.42 Å². The first-order valence-corrected chi connectivity index (χ1v) is 5.72. The highest BCUT2D eigenvalue weighted by Crippen LogP contribution is 2.31. The van der Waals surface area contributed by atoms with Crippen molar-refractivity contribution in [3.8, 4) is 0 Å². The largest absolute Gasteiger partial charge is 0.481 e. The molecule has 0 aromatic carbocycles. The van der Waals surface area contributed by atoms with E-state index in [1.807, 2.05) is 0 Å². The zero-order valence-corrected chi connectivity index (χ0v) is 10.4. The number of anilines is 1. The zero-order chi connectivity index (χ0) is 15.7. The molecule has 2 rings (SSSR count). The van der Waals surface area contributed by atoms with Crippen molar-refractivity contribution in [2.75, 3.05) is 11.4 Å². The van der Waals surface area contributed by atoms with Gasteiger partial charge in [-0.25, -0.2) is 9.78 Å². The fraction of sp³-hybridized carbons (Fsp3) is 0.273. The number of aromatic nitrogens is 1. The van der Waals surface area contributed by atoms with E-state index < -0.39 is 39.9 Å². The van der Waals surface area contributed by atoms with Gasteiger partial charge in [0, 0.05) is 25.2 Å². The number of carboxylic acids is 2. The van der Waals surface area contributed by atoms with E-state index in [9.17, 15) is 24.5 Å². The van der Waals surface area contributed by atoms with Gasteiger partial charge in [0.2, 0.25) is 11.7 Å². The van der Waals surface area contributed by atoms with Gasteiger partial charge >= 0.3 is 17.6 Å². The van der Waals surface area contributed by atoms with Gasteiger partial charge in [0.1, 0.15) is 0 Å². The molecule has 1 amide bonds. The van der Waals surface area contributed by atoms with E-state index in [-0.39, 0.29) is 18.8 Å². The molecule has 1 aliphatic heterocycles. The number of aromatic carboxylic acids is 1. The van der Waals surface area contributed by atoms with Crippen LogP contribution in [0.4, 0.5) is 11.5 Å². The minimum Gasteiger partial charge on any atom is -0.481 e. The summed E-state index contributed by atoms with van der Waals surface area (Å²) in [7, 11) is 0. The van der Waals surface area contributed by atoms with Gasteiger partial charge in [-0.05, 0) is 0 Å². The minimum absolute atomic E-state index is 0.242. The van der Waals surface area contributed by atoms with Gasteiger partial charge in [-0.3, -0.25) is 24.6 Å². The second-order valence-electron chi connectivity index (χ2n) is 4.37.